The van der Waals surface area contributed by atoms with Crippen molar-refractivity contribution in [1.29, 1.82) is 0 Å². The molecule has 7 heteroatoms. The number of halogens is 1. The molecule has 0 bridgehead atoms. The largest absolute Gasteiger partial charge is 0.278 e. The lowest BCUT2D eigenvalue weighted by Crippen LogP contribution is -2.15. The van der Waals surface area contributed by atoms with Gasteiger partial charge in [-0.25, -0.2) is 13.6 Å². The number of fused-ring (bicyclic) bond motifs is 2. The van der Waals surface area contributed by atoms with E-state index in [9.17, 15) is 8.60 Å². The number of benzene rings is 2. The van der Waals surface area contributed by atoms with Crippen molar-refractivity contribution in [3.05, 3.63) is 54.1 Å². The number of pyridine rings is 1. The maximum Gasteiger partial charge on any atom is 0.169 e. The van der Waals surface area contributed by atoms with Gasteiger partial charge < -0.3 is 0 Å². The Morgan fingerprint density at radius 3 is 2.42 bits per heavy atom. The van der Waals surface area contributed by atoms with E-state index in [1.54, 1.807) is 18.3 Å². The topological polar surface area (TPSA) is 71.0 Å². The number of nitrogens with zero attached hydrogens (tertiary/aromatic N) is 3. The van der Waals surface area contributed by atoms with Gasteiger partial charge in [-0.2, -0.15) is 9.46 Å². The van der Waals surface area contributed by atoms with Gasteiger partial charge in [0.1, 0.15) is 5.82 Å². The van der Waals surface area contributed by atoms with Crippen molar-refractivity contribution < 1.29 is 8.60 Å². The summed E-state index contributed by atoms with van der Waals surface area (Å²) in [6.07, 6.45) is 1.78. The van der Waals surface area contributed by atoms with Crippen molar-refractivity contribution in [2.45, 2.75) is 45.8 Å². The van der Waals surface area contributed by atoms with E-state index in [-0.39, 0.29) is 17.0 Å². The molecule has 0 spiro atoms. The van der Waals surface area contributed by atoms with Gasteiger partial charge in [0.25, 0.3) is 0 Å². The maximum atomic E-state index is 13.6. The van der Waals surface area contributed by atoms with Crippen LogP contribution in [0.3, 0.4) is 0 Å². The van der Waals surface area contributed by atoms with Crippen molar-refractivity contribution in [3.63, 3.8) is 0 Å². The molecule has 2 aromatic carbocycles. The van der Waals surface area contributed by atoms with E-state index in [1.165, 1.54) is 12.1 Å². The molecule has 0 amide bonds. The first kappa shape index (κ1) is 21.4. The van der Waals surface area contributed by atoms with Crippen molar-refractivity contribution in [1.82, 2.24) is 15.2 Å². The summed E-state index contributed by atoms with van der Waals surface area (Å²) in [5.41, 5.74) is 3.54. The number of H-pyrrole nitrogens is 1. The molecular weight excluding hydrogens is 411 g/mol. The molecule has 4 rings (SSSR count). The van der Waals surface area contributed by atoms with Crippen LogP contribution < -0.4 is 0 Å². The van der Waals surface area contributed by atoms with E-state index in [4.69, 9.17) is 9.35 Å². The minimum Gasteiger partial charge on any atom is -0.278 e. The zero-order valence-electron chi connectivity index (χ0n) is 18.4. The summed E-state index contributed by atoms with van der Waals surface area (Å²) < 4.78 is 31.9. The Morgan fingerprint density at radius 1 is 1.10 bits per heavy atom. The highest BCUT2D eigenvalue weighted by atomic mass is 32.2. The van der Waals surface area contributed by atoms with Gasteiger partial charge in [-0.1, -0.05) is 46.8 Å². The fraction of sp³-hybridized carbons (Fsp3) is 0.333. The lowest BCUT2D eigenvalue weighted by atomic mass is 9.92. The minimum atomic E-state index is -2.47. The van der Waals surface area contributed by atoms with Crippen molar-refractivity contribution in [2.24, 2.45) is 4.36 Å². The second-order valence-electron chi connectivity index (χ2n) is 8.33. The number of hydrogen-bond donors (Lipinski definition) is 1. The normalized spacial score (nSPS) is 13.9. The molecule has 162 valence electrons. The highest BCUT2D eigenvalue weighted by Gasteiger charge is 2.21. The predicted molar refractivity (Wildman–Crippen MR) is 127 cm³/mol. The number of nitrogens with one attached hydrogen (secondary N) is 1. The second kappa shape index (κ2) is 8.04. The molecule has 31 heavy (non-hydrogen) atoms. The van der Waals surface area contributed by atoms with Gasteiger partial charge in [-0.15, -0.1) is 0 Å². The van der Waals surface area contributed by atoms with Crippen molar-refractivity contribution in [3.8, 4) is 11.1 Å². The highest BCUT2D eigenvalue weighted by Crippen LogP contribution is 2.40. The van der Waals surface area contributed by atoms with Gasteiger partial charge in [0.05, 0.1) is 27.1 Å². The van der Waals surface area contributed by atoms with Gasteiger partial charge in [0.15, 0.2) is 5.82 Å². The van der Waals surface area contributed by atoms with E-state index >= 15 is 0 Å². The van der Waals surface area contributed by atoms with E-state index in [0.29, 0.717) is 11.6 Å². The second-order valence-corrected chi connectivity index (χ2v) is 11.4. The Balaban J connectivity index is 2.18. The molecule has 1 unspecified atom stereocenters. The summed E-state index contributed by atoms with van der Waals surface area (Å²) in [7, 11) is -2.47. The van der Waals surface area contributed by atoms with Crippen LogP contribution in [0.15, 0.2) is 47.0 Å². The quantitative estimate of drug-likeness (QED) is 0.383. The first-order valence-electron chi connectivity index (χ1n) is 10.5. The van der Waals surface area contributed by atoms with Crippen molar-refractivity contribution >= 4 is 37.2 Å². The number of aromatic nitrogens is 3. The molecule has 5 nitrogen and oxygen atoms in total. The standard InChI is InChI=1S/C24H27FN4OS/c1-6-31(30,15(4)5)29-24-20-12-21-17(13-26-28-21)11-19(20)22(23(27-24)14(2)3)16-7-9-18(25)10-8-16/h7-15H,6H2,1-5H3,(H,26,28). The van der Waals surface area contributed by atoms with E-state index in [0.717, 1.165) is 38.5 Å². The van der Waals surface area contributed by atoms with Gasteiger partial charge >= 0.3 is 0 Å². The molecular formula is C24H27FN4OS. The van der Waals surface area contributed by atoms with Gasteiger partial charge in [0, 0.05) is 27.3 Å². The van der Waals surface area contributed by atoms with Crippen LogP contribution in [-0.2, 0) is 9.73 Å². The minimum absolute atomic E-state index is 0.0928. The number of rotatable bonds is 5. The summed E-state index contributed by atoms with van der Waals surface area (Å²) in [6.45, 7) is 9.90. The highest BCUT2D eigenvalue weighted by molar-refractivity contribution is 7.94. The lowest BCUT2D eigenvalue weighted by molar-refractivity contribution is 0.628. The summed E-state index contributed by atoms with van der Waals surface area (Å²) in [4.78, 5) is 4.93. The van der Waals surface area contributed by atoms with Gasteiger partial charge in [-0.3, -0.25) is 5.10 Å². The first-order chi connectivity index (χ1) is 14.7. The van der Waals surface area contributed by atoms with Crippen molar-refractivity contribution in [2.75, 3.05) is 5.75 Å². The smallest absolute Gasteiger partial charge is 0.169 e. The van der Waals surface area contributed by atoms with Crippen LogP contribution in [0.1, 0.15) is 46.2 Å². The number of hydrogen-bond acceptors (Lipinski definition) is 4. The molecule has 1 N–H and O–H groups in total. The fourth-order valence-electron chi connectivity index (χ4n) is 3.81. The maximum absolute atomic E-state index is 13.6. The van der Waals surface area contributed by atoms with Gasteiger partial charge in [0.2, 0.25) is 0 Å². The zero-order chi connectivity index (χ0) is 22.3. The first-order valence-corrected chi connectivity index (χ1v) is 12.3. The molecule has 0 aliphatic carbocycles. The Kier molecular flexibility index (Phi) is 5.56. The van der Waals surface area contributed by atoms with Crippen LogP contribution in [0.25, 0.3) is 32.8 Å². The van der Waals surface area contributed by atoms with Crippen LogP contribution >= 0.6 is 0 Å². The SMILES string of the molecule is CCS(=O)(=Nc1nc(C(C)C)c(-c2ccc(F)cc2)c2cc3cn[nH]c3cc12)C(C)C. The molecule has 0 aliphatic heterocycles. The molecule has 0 saturated carbocycles. The zero-order valence-corrected chi connectivity index (χ0v) is 19.3. The fourth-order valence-corrected chi connectivity index (χ4v) is 5.25. The molecule has 4 aromatic rings. The van der Waals surface area contributed by atoms with Crippen LogP contribution in [0, 0.1) is 5.82 Å². The molecule has 2 aromatic heterocycles. The van der Waals surface area contributed by atoms with E-state index in [2.05, 4.69) is 30.1 Å². The van der Waals surface area contributed by atoms with Crippen LogP contribution in [0.4, 0.5) is 10.2 Å². The monoisotopic (exact) mass is 438 g/mol. The van der Waals surface area contributed by atoms with Gasteiger partial charge in [-0.05, 0) is 41.1 Å². The molecule has 0 saturated heterocycles. The third kappa shape index (κ3) is 3.82. The van der Waals surface area contributed by atoms with Crippen LogP contribution in [0.2, 0.25) is 0 Å². The molecule has 1 atom stereocenters. The average Bonchev–Trinajstić information content (AvgIpc) is 3.20. The van der Waals surface area contributed by atoms with Crippen LogP contribution in [0.5, 0.6) is 0 Å². The summed E-state index contributed by atoms with van der Waals surface area (Å²) >= 11 is 0. The Morgan fingerprint density at radius 2 is 1.81 bits per heavy atom. The summed E-state index contributed by atoms with van der Waals surface area (Å²) in [6, 6.07) is 10.5. The van der Waals surface area contributed by atoms with E-state index in [1.807, 2.05) is 26.8 Å². The Hall–Kier alpha value is -2.80. The number of aromatic amines is 1. The summed E-state index contributed by atoms with van der Waals surface area (Å²) in [5.74, 6) is 0.754. The van der Waals surface area contributed by atoms with Crippen LogP contribution in [-0.4, -0.2) is 30.4 Å². The van der Waals surface area contributed by atoms with E-state index < -0.39 is 9.73 Å². The predicted octanol–water partition coefficient (Wildman–Crippen LogP) is 6.57. The third-order valence-corrected chi connectivity index (χ3v) is 8.42. The molecule has 0 radical (unpaired) electrons. The Bertz CT molecular complexity index is 1380. The molecule has 0 aliphatic rings. The molecule has 2 heterocycles. The third-order valence-electron chi connectivity index (χ3n) is 5.64. The molecule has 0 fully saturated rings. The Labute approximate surface area is 182 Å². The average molecular weight is 439 g/mol. The lowest BCUT2D eigenvalue weighted by Gasteiger charge is -2.18. The summed E-state index contributed by atoms with van der Waals surface area (Å²) in [5, 5.41) is 9.78.